The first-order valence-electron chi connectivity index (χ1n) is 8.51. The SMILES string of the molecule is CCOC(=O)N(NC(C)=O)c1cc(Oc2ccc(C(F)(F)F)cc2Cl)ccc1[N+](=O)[O-]. The first kappa shape index (κ1) is 23.7. The summed E-state index contributed by atoms with van der Waals surface area (Å²) in [6, 6.07) is 5.53. The largest absolute Gasteiger partial charge is 0.456 e. The summed E-state index contributed by atoms with van der Waals surface area (Å²) < 4.78 is 48.6. The molecule has 0 saturated heterocycles. The van der Waals surface area contributed by atoms with Crippen LogP contribution in [0, 0.1) is 10.1 Å². The summed E-state index contributed by atoms with van der Waals surface area (Å²) in [6.45, 7) is 2.48. The predicted molar refractivity (Wildman–Crippen MR) is 103 cm³/mol. The van der Waals surface area contributed by atoms with Crippen molar-refractivity contribution in [2.24, 2.45) is 0 Å². The molecule has 166 valence electrons. The Balaban J connectivity index is 2.48. The summed E-state index contributed by atoms with van der Waals surface area (Å²) in [6.07, 6.45) is -5.72. The quantitative estimate of drug-likeness (QED) is 0.491. The molecule has 2 amide bonds. The first-order chi connectivity index (χ1) is 14.4. The van der Waals surface area contributed by atoms with Crippen LogP contribution in [0.25, 0.3) is 0 Å². The highest BCUT2D eigenvalue weighted by molar-refractivity contribution is 6.32. The average Bonchev–Trinajstić information content (AvgIpc) is 2.66. The normalized spacial score (nSPS) is 10.9. The van der Waals surface area contributed by atoms with Gasteiger partial charge in [0.1, 0.15) is 11.5 Å². The van der Waals surface area contributed by atoms with Crippen LogP contribution in [0.2, 0.25) is 5.02 Å². The van der Waals surface area contributed by atoms with Crippen LogP contribution in [0.15, 0.2) is 36.4 Å². The molecule has 2 aromatic carbocycles. The van der Waals surface area contributed by atoms with Gasteiger partial charge in [-0.15, -0.1) is 0 Å². The highest BCUT2D eigenvalue weighted by Gasteiger charge is 2.31. The molecular weight excluding hydrogens is 447 g/mol. The molecule has 1 N–H and O–H groups in total. The Morgan fingerprint density at radius 1 is 1.23 bits per heavy atom. The summed E-state index contributed by atoms with van der Waals surface area (Å²) in [5, 5.41) is 11.6. The molecule has 31 heavy (non-hydrogen) atoms. The van der Waals surface area contributed by atoms with Gasteiger partial charge >= 0.3 is 12.3 Å². The zero-order chi connectivity index (χ0) is 23.3. The van der Waals surface area contributed by atoms with Crippen LogP contribution in [0.5, 0.6) is 11.5 Å². The fraction of sp³-hybridized carbons (Fsp3) is 0.222. The second-order valence-electron chi connectivity index (χ2n) is 5.85. The second-order valence-corrected chi connectivity index (χ2v) is 6.26. The van der Waals surface area contributed by atoms with Gasteiger partial charge in [-0.1, -0.05) is 11.6 Å². The average molecular weight is 462 g/mol. The highest BCUT2D eigenvalue weighted by Crippen LogP contribution is 2.38. The molecule has 0 aliphatic heterocycles. The molecule has 0 aromatic heterocycles. The van der Waals surface area contributed by atoms with E-state index in [-0.39, 0.29) is 23.1 Å². The van der Waals surface area contributed by atoms with E-state index < -0.39 is 40.0 Å². The van der Waals surface area contributed by atoms with Crippen molar-refractivity contribution in [1.29, 1.82) is 0 Å². The Hall–Kier alpha value is -3.54. The Kier molecular flexibility index (Phi) is 7.28. The Bertz CT molecular complexity index is 1020. The third-order valence-electron chi connectivity index (χ3n) is 3.59. The molecule has 2 aromatic rings. The van der Waals surface area contributed by atoms with E-state index in [4.69, 9.17) is 21.1 Å². The van der Waals surface area contributed by atoms with E-state index in [1.165, 1.54) is 6.92 Å². The van der Waals surface area contributed by atoms with Crippen LogP contribution < -0.4 is 15.2 Å². The van der Waals surface area contributed by atoms with Crippen LogP contribution in [0.3, 0.4) is 0 Å². The number of alkyl halides is 3. The Labute approximate surface area is 178 Å². The number of carbonyl (C=O) groups excluding carboxylic acids is 2. The van der Waals surface area contributed by atoms with Gasteiger partial charge in [0, 0.05) is 19.1 Å². The number of hydrogen-bond donors (Lipinski definition) is 1. The highest BCUT2D eigenvalue weighted by atomic mass is 35.5. The van der Waals surface area contributed by atoms with Crippen LogP contribution in [-0.4, -0.2) is 23.5 Å². The number of carbonyl (C=O) groups is 2. The number of ether oxygens (including phenoxy) is 2. The van der Waals surface area contributed by atoms with Crippen molar-refractivity contribution >= 4 is 35.0 Å². The van der Waals surface area contributed by atoms with Crippen molar-refractivity contribution in [3.05, 3.63) is 57.1 Å². The standard InChI is InChI=1S/C18H15ClF3N3O6/c1-3-30-17(27)24(23-10(2)26)15-9-12(5-6-14(15)25(28)29)31-16-7-4-11(8-13(16)19)18(20,21)22/h4-9H,3H2,1-2H3,(H,23,26). The first-order valence-corrected chi connectivity index (χ1v) is 8.89. The molecule has 13 heteroatoms. The number of nitro benzene ring substituents is 1. The molecular formula is C18H15ClF3N3O6. The number of nitrogens with one attached hydrogen (secondary N) is 1. The van der Waals surface area contributed by atoms with Crippen LogP contribution >= 0.6 is 11.6 Å². The van der Waals surface area contributed by atoms with Crippen LogP contribution in [0.1, 0.15) is 19.4 Å². The molecule has 9 nitrogen and oxygen atoms in total. The van der Waals surface area contributed by atoms with Gasteiger partial charge in [0.05, 0.1) is 22.1 Å². The van der Waals surface area contributed by atoms with Crippen molar-refractivity contribution in [1.82, 2.24) is 5.43 Å². The molecule has 0 bridgehead atoms. The molecule has 0 fully saturated rings. The maximum Gasteiger partial charge on any atom is 0.433 e. The number of nitro groups is 1. The lowest BCUT2D eigenvalue weighted by Crippen LogP contribution is -2.46. The van der Waals surface area contributed by atoms with Gasteiger partial charge < -0.3 is 9.47 Å². The van der Waals surface area contributed by atoms with Crippen molar-refractivity contribution in [3.8, 4) is 11.5 Å². The Morgan fingerprint density at radius 2 is 1.90 bits per heavy atom. The topological polar surface area (TPSA) is 111 Å². The minimum absolute atomic E-state index is 0.0833. The Morgan fingerprint density at radius 3 is 2.42 bits per heavy atom. The lowest BCUT2D eigenvalue weighted by atomic mass is 10.2. The summed E-state index contributed by atoms with van der Waals surface area (Å²) in [7, 11) is 0. The van der Waals surface area contributed by atoms with E-state index in [0.29, 0.717) is 11.1 Å². The number of hydrazine groups is 1. The predicted octanol–water partition coefficient (Wildman–Crippen LogP) is 5.07. The zero-order valence-electron chi connectivity index (χ0n) is 16.0. The van der Waals surface area contributed by atoms with E-state index >= 15 is 0 Å². The van der Waals surface area contributed by atoms with Crippen LogP contribution in [0.4, 0.5) is 29.3 Å². The number of rotatable bonds is 5. The summed E-state index contributed by atoms with van der Waals surface area (Å²) in [4.78, 5) is 34.3. The van der Waals surface area contributed by atoms with E-state index in [9.17, 15) is 32.9 Å². The van der Waals surface area contributed by atoms with Gasteiger partial charge in [-0.3, -0.25) is 20.3 Å². The zero-order valence-corrected chi connectivity index (χ0v) is 16.8. The molecule has 0 heterocycles. The third kappa shape index (κ3) is 5.98. The van der Waals surface area contributed by atoms with Gasteiger partial charge in [0.2, 0.25) is 5.91 Å². The van der Waals surface area contributed by atoms with Crippen molar-refractivity contribution in [2.75, 3.05) is 11.6 Å². The van der Waals surface area contributed by atoms with Crippen molar-refractivity contribution in [2.45, 2.75) is 20.0 Å². The lowest BCUT2D eigenvalue weighted by Gasteiger charge is -2.22. The lowest BCUT2D eigenvalue weighted by molar-refractivity contribution is -0.384. The van der Waals surface area contributed by atoms with Crippen molar-refractivity contribution < 1.29 is 37.2 Å². The number of benzene rings is 2. The molecule has 0 radical (unpaired) electrons. The van der Waals surface area contributed by atoms with E-state index in [1.807, 2.05) is 0 Å². The number of halogens is 4. The second kappa shape index (κ2) is 9.51. The number of nitrogens with zero attached hydrogens (tertiary/aromatic N) is 2. The van der Waals surface area contributed by atoms with E-state index in [1.54, 1.807) is 0 Å². The molecule has 0 atom stereocenters. The van der Waals surface area contributed by atoms with Gasteiger partial charge in [-0.05, 0) is 31.2 Å². The molecule has 0 aliphatic carbocycles. The van der Waals surface area contributed by atoms with Gasteiger partial charge in [-0.25, -0.2) is 4.79 Å². The molecule has 0 unspecified atom stereocenters. The van der Waals surface area contributed by atoms with Crippen LogP contribution in [-0.2, 0) is 15.7 Å². The van der Waals surface area contributed by atoms with Gasteiger partial charge in [0.15, 0.2) is 5.69 Å². The summed E-state index contributed by atoms with van der Waals surface area (Å²) >= 11 is 5.86. The van der Waals surface area contributed by atoms with Gasteiger partial charge in [0.25, 0.3) is 5.69 Å². The van der Waals surface area contributed by atoms with E-state index in [0.717, 1.165) is 37.3 Å². The molecule has 0 aliphatic rings. The van der Waals surface area contributed by atoms with E-state index in [2.05, 4.69) is 5.43 Å². The summed E-state index contributed by atoms with van der Waals surface area (Å²) in [5.74, 6) is -1.00. The van der Waals surface area contributed by atoms with Crippen molar-refractivity contribution in [3.63, 3.8) is 0 Å². The fourth-order valence-corrected chi connectivity index (χ4v) is 2.56. The molecule has 0 saturated carbocycles. The maximum absolute atomic E-state index is 12.8. The van der Waals surface area contributed by atoms with Gasteiger partial charge in [-0.2, -0.15) is 18.2 Å². The minimum atomic E-state index is -4.61. The third-order valence-corrected chi connectivity index (χ3v) is 3.89. The number of hydrogen-bond acceptors (Lipinski definition) is 6. The smallest absolute Gasteiger partial charge is 0.433 e. The monoisotopic (exact) mass is 461 g/mol. The number of amides is 2. The molecule has 2 rings (SSSR count). The number of anilines is 1. The molecule has 0 spiro atoms. The fourth-order valence-electron chi connectivity index (χ4n) is 2.34. The summed E-state index contributed by atoms with van der Waals surface area (Å²) in [5.41, 5.74) is 0.139. The minimum Gasteiger partial charge on any atom is -0.456 e. The maximum atomic E-state index is 12.8.